The number of nitrogens with zero attached hydrogens (tertiary/aromatic N) is 7. The molecule has 0 aliphatic carbocycles. The van der Waals surface area contributed by atoms with Gasteiger partial charge in [0, 0.05) is 35.4 Å². The van der Waals surface area contributed by atoms with Crippen LogP contribution in [0.1, 0.15) is 16.2 Å². The predicted octanol–water partition coefficient (Wildman–Crippen LogP) is 2.06. The summed E-state index contributed by atoms with van der Waals surface area (Å²) < 4.78 is 19.7. The highest BCUT2D eigenvalue weighted by Gasteiger charge is 2.17. The Morgan fingerprint density at radius 2 is 1.74 bits per heavy atom. The molecule has 11 heteroatoms. The number of fused-ring (bicyclic) bond motifs is 1. The Morgan fingerprint density at radius 3 is 2.46 bits per heavy atom. The zero-order valence-corrected chi connectivity index (χ0v) is 19.0. The molecule has 3 heterocycles. The molecule has 0 aliphatic rings. The van der Waals surface area contributed by atoms with Crippen LogP contribution in [0.2, 0.25) is 0 Å². The predicted molar refractivity (Wildman–Crippen MR) is 127 cm³/mol. The molecular weight excluding hydrogens is 451 g/mol. The average Bonchev–Trinajstić information content (AvgIpc) is 3.47. The number of rotatable bonds is 6. The molecule has 3 aromatic heterocycles. The van der Waals surface area contributed by atoms with Crippen LogP contribution in [0.15, 0.2) is 72.3 Å². The minimum absolute atomic E-state index is 0.0426. The molecule has 0 saturated heterocycles. The van der Waals surface area contributed by atoms with Crippen LogP contribution in [0, 0.1) is 5.82 Å². The minimum Gasteiger partial charge on any atom is -0.366 e. The summed E-state index contributed by atoms with van der Waals surface area (Å²) in [7, 11) is 3.85. The fraction of sp³-hybridized carbons (Fsp3) is 0.125. The molecule has 5 rings (SSSR count). The van der Waals surface area contributed by atoms with E-state index >= 15 is 4.39 Å². The first-order valence-corrected chi connectivity index (χ1v) is 10.7. The lowest BCUT2D eigenvalue weighted by Crippen LogP contribution is -2.22. The Kier molecular flexibility index (Phi) is 5.46. The molecular formula is C24H21FN8O2. The summed E-state index contributed by atoms with van der Waals surface area (Å²) in [5.41, 5.74) is 6.61. The Balaban J connectivity index is 1.60. The molecule has 0 bridgehead atoms. The second kappa shape index (κ2) is 8.61. The number of hydrogen-bond donors (Lipinski definition) is 1. The molecule has 0 spiro atoms. The number of hydrogen-bond acceptors (Lipinski definition) is 6. The Hall–Kier alpha value is -4.64. The van der Waals surface area contributed by atoms with E-state index in [1.54, 1.807) is 47.3 Å². The van der Waals surface area contributed by atoms with E-state index in [1.165, 1.54) is 29.4 Å². The summed E-state index contributed by atoms with van der Waals surface area (Å²) in [4.78, 5) is 39.7. The fourth-order valence-electron chi connectivity index (χ4n) is 3.90. The van der Waals surface area contributed by atoms with Crippen LogP contribution in [0.25, 0.3) is 28.2 Å². The van der Waals surface area contributed by atoms with E-state index in [0.717, 1.165) is 10.4 Å². The highest BCUT2D eigenvalue weighted by Crippen LogP contribution is 2.20. The van der Waals surface area contributed by atoms with Gasteiger partial charge in [-0.15, -0.1) is 0 Å². The Bertz CT molecular complexity index is 1630. The van der Waals surface area contributed by atoms with Gasteiger partial charge in [-0.3, -0.25) is 18.7 Å². The van der Waals surface area contributed by atoms with Gasteiger partial charge in [-0.25, -0.2) is 19.3 Å². The molecule has 176 valence electrons. The van der Waals surface area contributed by atoms with Gasteiger partial charge in [-0.1, -0.05) is 6.07 Å². The van der Waals surface area contributed by atoms with Crippen molar-refractivity contribution in [3.63, 3.8) is 0 Å². The first kappa shape index (κ1) is 22.2. The normalized spacial score (nSPS) is 11.4. The smallest absolute Gasteiger partial charge is 0.284 e. The lowest BCUT2D eigenvalue weighted by molar-refractivity contribution is 0.1000. The molecule has 0 radical (unpaired) electrons. The Labute approximate surface area is 198 Å². The van der Waals surface area contributed by atoms with Crippen LogP contribution < -0.4 is 11.3 Å². The zero-order chi connectivity index (χ0) is 24.7. The van der Waals surface area contributed by atoms with E-state index in [-0.39, 0.29) is 22.4 Å². The summed E-state index contributed by atoms with van der Waals surface area (Å²) in [6, 6.07) is 11.1. The number of halogens is 1. The molecule has 35 heavy (non-hydrogen) atoms. The minimum atomic E-state index is -0.600. The second-order valence-electron chi connectivity index (χ2n) is 8.21. The van der Waals surface area contributed by atoms with Crippen LogP contribution in [0.5, 0.6) is 0 Å². The molecule has 1 amide bonds. The zero-order valence-electron chi connectivity index (χ0n) is 19.0. The summed E-state index contributed by atoms with van der Waals surface area (Å²) in [5, 5.41) is 0. The number of carbonyl (C=O) groups is 1. The van der Waals surface area contributed by atoms with Crippen molar-refractivity contribution >= 4 is 17.1 Å². The third kappa shape index (κ3) is 3.97. The van der Waals surface area contributed by atoms with Crippen LogP contribution in [0.3, 0.4) is 0 Å². The molecule has 2 aromatic carbocycles. The van der Waals surface area contributed by atoms with Crippen LogP contribution in [0.4, 0.5) is 4.39 Å². The van der Waals surface area contributed by atoms with Gasteiger partial charge >= 0.3 is 0 Å². The van der Waals surface area contributed by atoms with Gasteiger partial charge in [-0.05, 0) is 44.4 Å². The van der Waals surface area contributed by atoms with Crippen LogP contribution in [-0.2, 0) is 6.54 Å². The van der Waals surface area contributed by atoms with Crippen molar-refractivity contribution in [3.8, 4) is 17.1 Å². The van der Waals surface area contributed by atoms with E-state index in [2.05, 4.69) is 15.0 Å². The summed E-state index contributed by atoms with van der Waals surface area (Å²) >= 11 is 0. The maximum Gasteiger partial charge on any atom is 0.284 e. The van der Waals surface area contributed by atoms with Gasteiger partial charge in [-0.2, -0.15) is 0 Å². The van der Waals surface area contributed by atoms with Crippen LogP contribution >= 0.6 is 0 Å². The third-order valence-electron chi connectivity index (χ3n) is 5.52. The molecule has 2 N–H and O–H groups in total. The standard InChI is InChI=1S/C24H21FN8O2/c1-30(2)12-20-27-8-9-31(20)17-6-7-19(18(25)11-17)33-14-29-23-21(24(33)35)32(13-28-23)16-5-3-4-15(10-16)22(26)34/h3-11,13-14H,12H2,1-2H3,(H2,26,34). The molecule has 0 aliphatic heterocycles. The highest BCUT2D eigenvalue weighted by molar-refractivity contribution is 5.93. The second-order valence-corrected chi connectivity index (χ2v) is 8.21. The summed E-state index contributed by atoms with van der Waals surface area (Å²) in [6.07, 6.45) is 6.08. The lowest BCUT2D eigenvalue weighted by atomic mass is 10.2. The largest absolute Gasteiger partial charge is 0.366 e. The van der Waals surface area contributed by atoms with E-state index in [9.17, 15) is 9.59 Å². The number of imidazole rings is 2. The fourth-order valence-corrected chi connectivity index (χ4v) is 3.90. The van der Waals surface area contributed by atoms with Crippen molar-refractivity contribution in [1.29, 1.82) is 0 Å². The number of amides is 1. The van der Waals surface area contributed by atoms with Crippen molar-refractivity contribution < 1.29 is 9.18 Å². The first-order chi connectivity index (χ1) is 16.8. The van der Waals surface area contributed by atoms with E-state index < -0.39 is 17.3 Å². The summed E-state index contributed by atoms with van der Waals surface area (Å²) in [5.74, 6) is -0.442. The average molecular weight is 472 g/mol. The van der Waals surface area contributed by atoms with E-state index in [4.69, 9.17) is 5.73 Å². The highest BCUT2D eigenvalue weighted by atomic mass is 19.1. The lowest BCUT2D eigenvalue weighted by Gasteiger charge is -2.14. The molecule has 0 saturated carbocycles. The molecule has 10 nitrogen and oxygen atoms in total. The van der Waals surface area contributed by atoms with Crippen LogP contribution in [-0.4, -0.2) is 53.6 Å². The van der Waals surface area contributed by atoms with Gasteiger partial charge in [0.05, 0.1) is 12.2 Å². The van der Waals surface area contributed by atoms with Crippen molar-refractivity contribution in [2.24, 2.45) is 5.73 Å². The number of primary amides is 1. The van der Waals surface area contributed by atoms with Gasteiger partial charge in [0.25, 0.3) is 5.56 Å². The first-order valence-electron chi connectivity index (χ1n) is 10.7. The number of carbonyl (C=O) groups excluding carboxylic acids is 1. The van der Waals surface area contributed by atoms with Crippen molar-refractivity contribution in [1.82, 2.24) is 33.6 Å². The quantitative estimate of drug-likeness (QED) is 0.404. The van der Waals surface area contributed by atoms with Gasteiger partial charge in [0.15, 0.2) is 11.2 Å². The van der Waals surface area contributed by atoms with E-state index in [0.29, 0.717) is 17.9 Å². The number of aromatic nitrogens is 6. The topological polar surface area (TPSA) is 117 Å². The van der Waals surface area contributed by atoms with Gasteiger partial charge in [0.1, 0.15) is 24.3 Å². The SMILES string of the molecule is CN(C)Cc1nccn1-c1ccc(-n2cnc3ncn(-c4cccc(C(N)=O)c4)c3c2=O)c(F)c1. The number of benzene rings is 2. The summed E-state index contributed by atoms with van der Waals surface area (Å²) in [6.45, 7) is 0.581. The molecule has 0 unspecified atom stereocenters. The van der Waals surface area contributed by atoms with Crippen molar-refractivity contribution in [3.05, 3.63) is 95.1 Å². The van der Waals surface area contributed by atoms with Gasteiger partial charge < -0.3 is 15.2 Å². The van der Waals surface area contributed by atoms with E-state index in [1.807, 2.05) is 19.0 Å². The monoisotopic (exact) mass is 472 g/mol. The Morgan fingerprint density at radius 1 is 1.00 bits per heavy atom. The maximum atomic E-state index is 15.3. The third-order valence-corrected chi connectivity index (χ3v) is 5.52. The van der Waals surface area contributed by atoms with Gasteiger partial charge in [0.2, 0.25) is 5.91 Å². The maximum absolute atomic E-state index is 15.3. The van der Waals surface area contributed by atoms with Crippen molar-refractivity contribution in [2.75, 3.05) is 14.1 Å². The molecule has 5 aromatic rings. The molecule has 0 fully saturated rings. The molecule has 0 atom stereocenters. The number of nitrogens with two attached hydrogens (primary N) is 1. The van der Waals surface area contributed by atoms with Crippen molar-refractivity contribution in [2.45, 2.75) is 6.54 Å².